The number of amides is 6. The van der Waals surface area contributed by atoms with Gasteiger partial charge in [0.25, 0.3) is 11.8 Å². The fourth-order valence-corrected chi connectivity index (χ4v) is 10.4. The number of hydrogen-bond acceptors (Lipinski definition) is 14. The average Bonchev–Trinajstić information content (AvgIpc) is 4.10. The van der Waals surface area contributed by atoms with Crippen LogP contribution in [0.15, 0.2) is 72.4 Å². The number of imide groups is 1. The van der Waals surface area contributed by atoms with E-state index in [0.29, 0.717) is 80.6 Å². The van der Waals surface area contributed by atoms with Gasteiger partial charge in [-0.15, -0.1) is 0 Å². The second-order valence-electron chi connectivity index (χ2n) is 23.6. The molecular formula is C60H91N6O14+. The van der Waals surface area contributed by atoms with Crippen LogP contribution in [0, 0.1) is 17.8 Å². The number of aliphatic hydroxyl groups excluding tert-OH is 2. The summed E-state index contributed by atoms with van der Waals surface area (Å²) in [6, 6.07) is 5.70. The van der Waals surface area contributed by atoms with Crippen molar-refractivity contribution < 1.29 is 72.3 Å². The van der Waals surface area contributed by atoms with E-state index in [-0.39, 0.29) is 74.0 Å². The van der Waals surface area contributed by atoms with Gasteiger partial charge in [0.15, 0.2) is 6.10 Å². The molecule has 4 aliphatic rings. The molecular weight excluding hydrogens is 1030 g/mol. The molecule has 0 aromatic heterocycles. The monoisotopic (exact) mass is 1120 g/mol. The summed E-state index contributed by atoms with van der Waals surface area (Å²) in [6.45, 7) is 19.3. The number of rotatable bonds is 24. The van der Waals surface area contributed by atoms with Gasteiger partial charge < -0.3 is 54.7 Å². The number of benzene rings is 1. The molecule has 1 aromatic carbocycles. The van der Waals surface area contributed by atoms with Crippen LogP contribution >= 0.6 is 0 Å². The average molecular weight is 1120 g/mol. The van der Waals surface area contributed by atoms with E-state index >= 15 is 0 Å². The molecule has 5 rings (SSSR count). The van der Waals surface area contributed by atoms with Crippen molar-refractivity contribution in [2.75, 3.05) is 52.2 Å². The van der Waals surface area contributed by atoms with Gasteiger partial charge in [-0.3, -0.25) is 38.6 Å². The number of methoxy groups -OCH3 is 1. The van der Waals surface area contributed by atoms with Crippen molar-refractivity contribution in [3.8, 4) is 0 Å². The van der Waals surface area contributed by atoms with Crippen LogP contribution in [0.3, 0.4) is 0 Å². The minimum Gasteiger partial charge on any atom is -0.457 e. The number of hydrogen-bond donors (Lipinski definition) is 6. The number of carbonyl (C=O) groups is 7. The highest BCUT2D eigenvalue weighted by Crippen LogP contribution is 2.38. The largest absolute Gasteiger partial charge is 0.457 e. The minimum absolute atomic E-state index is 0.0420. The molecule has 20 heteroatoms. The fraction of sp³-hybridized carbons (Fsp3) is 0.650. The first-order valence-corrected chi connectivity index (χ1v) is 28.5. The van der Waals surface area contributed by atoms with Gasteiger partial charge in [-0.05, 0) is 89.5 Å². The number of nitrogens with zero attached hydrogens (tertiary/aromatic N) is 3. The standard InChI is InChI=1S/C60H90N6O14/c1-12-46(68)41(6)55-47(78-55)36-59(8,76)28-16-17-39(4)54-40(5)19-24-48(60(9,77-11)29-27-45(67)35-52(72)80-54)79-58(75)64-31-33-66(10,34-32-64)37-43-20-22-44(23-21-43)62-56(73)42(7)61-57(74)53(38(2)3)63-49(69)18-14-13-15-30-65-50(70)25-26-51(65)71/h16-17,19-26,28,38,40-42,45-48,53-55,67-68,76H,12-15,18,27,29-37H2,1-11H3,(H2-,61,62,63,69,73,74)/p+1/b24-19+,28-16+,39-17+/t40-,41+,42-,45+,46-,47?,48-,53-,54+,55+,59-,60+/m0/s1. The Labute approximate surface area is 472 Å². The lowest BCUT2D eigenvalue weighted by atomic mass is 9.88. The van der Waals surface area contributed by atoms with Gasteiger partial charge in [-0.2, -0.15) is 0 Å². The highest BCUT2D eigenvalue weighted by Gasteiger charge is 2.47. The predicted octanol–water partition coefficient (Wildman–Crippen LogP) is 5.40. The van der Waals surface area contributed by atoms with Gasteiger partial charge in [0.1, 0.15) is 30.3 Å². The van der Waals surface area contributed by atoms with Gasteiger partial charge in [0.2, 0.25) is 17.7 Å². The van der Waals surface area contributed by atoms with Gasteiger partial charge in [-0.1, -0.05) is 77.5 Å². The second-order valence-corrected chi connectivity index (χ2v) is 23.6. The number of ether oxygens (including phenoxy) is 4. The van der Waals surface area contributed by atoms with Crippen LogP contribution in [0.5, 0.6) is 0 Å². The smallest absolute Gasteiger partial charge is 0.410 e. The molecule has 2 saturated heterocycles. The third kappa shape index (κ3) is 19.2. The number of aliphatic hydroxyl groups is 3. The van der Waals surface area contributed by atoms with Crippen LogP contribution in [-0.2, 0) is 54.3 Å². The molecule has 0 bridgehead atoms. The number of likely N-dealkylation sites (N-methyl/N-ethyl adjacent to an activating group) is 1. The van der Waals surface area contributed by atoms with E-state index < -0.39 is 77.5 Å². The van der Waals surface area contributed by atoms with E-state index in [1.54, 1.807) is 69.0 Å². The van der Waals surface area contributed by atoms with Crippen LogP contribution in [0.25, 0.3) is 0 Å². The predicted molar refractivity (Wildman–Crippen MR) is 301 cm³/mol. The highest BCUT2D eigenvalue weighted by atomic mass is 16.6. The van der Waals surface area contributed by atoms with E-state index in [2.05, 4.69) is 23.0 Å². The van der Waals surface area contributed by atoms with E-state index in [0.717, 1.165) is 10.5 Å². The number of esters is 1. The summed E-state index contributed by atoms with van der Waals surface area (Å²) in [5.74, 6) is -3.16. The number of nitrogens with one attached hydrogen (secondary N) is 3. The summed E-state index contributed by atoms with van der Waals surface area (Å²) < 4.78 is 24.7. The maximum atomic E-state index is 14.0. The minimum atomic E-state index is -1.20. The molecule has 1 aromatic rings. The molecule has 0 aliphatic carbocycles. The summed E-state index contributed by atoms with van der Waals surface area (Å²) in [7, 11) is 3.66. The number of unbranched alkanes of at least 4 members (excludes halogenated alkanes) is 2. The molecule has 0 saturated carbocycles. The van der Waals surface area contributed by atoms with E-state index in [9.17, 15) is 48.9 Å². The first-order chi connectivity index (χ1) is 37.7. The van der Waals surface area contributed by atoms with Crippen LogP contribution in [0.1, 0.15) is 126 Å². The van der Waals surface area contributed by atoms with Crippen LogP contribution in [0.2, 0.25) is 0 Å². The zero-order chi connectivity index (χ0) is 59.1. The van der Waals surface area contributed by atoms with Crippen molar-refractivity contribution in [1.29, 1.82) is 0 Å². The zero-order valence-corrected chi connectivity index (χ0v) is 49.0. The third-order valence-corrected chi connectivity index (χ3v) is 16.1. The molecule has 12 atom stereocenters. The Morgan fingerprint density at radius 2 is 1.64 bits per heavy atom. The number of allylic oxidation sites excluding steroid dienone is 2. The Kier molecular flexibility index (Phi) is 23.8. The van der Waals surface area contributed by atoms with Gasteiger partial charge in [0.05, 0.1) is 69.7 Å². The molecule has 20 nitrogen and oxygen atoms in total. The Bertz CT molecular complexity index is 2410. The number of carbonyl (C=O) groups excluding carboxylic acids is 7. The molecule has 444 valence electrons. The molecule has 0 radical (unpaired) electrons. The summed E-state index contributed by atoms with van der Waals surface area (Å²) >= 11 is 0. The van der Waals surface area contributed by atoms with Crippen LogP contribution < -0.4 is 16.0 Å². The quantitative estimate of drug-likeness (QED) is 0.0144. The number of cyclic esters (lactones) is 1. The molecule has 80 heavy (non-hydrogen) atoms. The normalized spacial score (nSPS) is 27.2. The Hall–Kier alpha value is -5.77. The van der Waals surface area contributed by atoms with E-state index in [1.165, 1.54) is 19.3 Å². The van der Waals surface area contributed by atoms with Crippen molar-refractivity contribution >= 4 is 47.3 Å². The lowest BCUT2D eigenvalue weighted by Gasteiger charge is -2.42. The van der Waals surface area contributed by atoms with E-state index in [1.807, 2.05) is 52.8 Å². The summed E-state index contributed by atoms with van der Waals surface area (Å²) in [5.41, 5.74) is 0.00161. The zero-order valence-electron chi connectivity index (χ0n) is 49.0. The molecule has 4 heterocycles. The van der Waals surface area contributed by atoms with Crippen molar-refractivity contribution in [3.63, 3.8) is 0 Å². The van der Waals surface area contributed by atoms with Crippen molar-refractivity contribution in [1.82, 2.24) is 20.4 Å². The maximum Gasteiger partial charge on any atom is 0.410 e. The summed E-state index contributed by atoms with van der Waals surface area (Å²) in [4.78, 5) is 92.8. The second kappa shape index (κ2) is 29.3. The summed E-state index contributed by atoms with van der Waals surface area (Å²) in [5, 5.41) is 40.8. The van der Waals surface area contributed by atoms with Crippen molar-refractivity contribution in [3.05, 3.63) is 77.9 Å². The lowest BCUT2D eigenvalue weighted by molar-refractivity contribution is -0.926. The number of quaternary nitrogens is 1. The molecule has 1 unspecified atom stereocenters. The number of anilines is 1. The highest BCUT2D eigenvalue weighted by molar-refractivity contribution is 6.12. The molecule has 6 N–H and O–H groups in total. The first kappa shape index (κ1) is 65.0. The van der Waals surface area contributed by atoms with Crippen LogP contribution in [-0.4, -0.2) is 178 Å². The topological polar surface area (TPSA) is 263 Å². The Balaban J connectivity index is 1.11. The summed E-state index contributed by atoms with van der Waals surface area (Å²) in [6.07, 6.45) is 10.4. The molecule has 2 fully saturated rings. The molecule has 4 aliphatic heterocycles. The van der Waals surface area contributed by atoms with E-state index in [4.69, 9.17) is 18.9 Å². The lowest BCUT2D eigenvalue weighted by Crippen LogP contribution is -2.58. The molecule has 0 spiro atoms. The molecule has 6 amide bonds. The number of epoxide rings is 1. The third-order valence-electron chi connectivity index (χ3n) is 16.1. The Morgan fingerprint density at radius 1 is 0.975 bits per heavy atom. The fourth-order valence-electron chi connectivity index (χ4n) is 10.4. The van der Waals surface area contributed by atoms with Crippen LogP contribution in [0.4, 0.5) is 10.5 Å². The first-order valence-electron chi connectivity index (χ1n) is 28.5. The Morgan fingerprint density at radius 3 is 2.26 bits per heavy atom. The maximum absolute atomic E-state index is 14.0. The SMILES string of the molecule is CC[C@H](O)[C@@H](C)[C@H]1OC1C[C@@](C)(O)/C=C/C=C(\C)[C@H]1OC(=O)C[C@H](O)CC[C@@](C)(OC)[C@@H](OC(=O)N2CC[N+](C)(Cc3ccc(NC(=O)[C@H](C)NC(=O)[C@@H](NC(=O)CCCCCN4C(=O)C=CC4=O)C(C)C)cc3)CC2)/C=C/[C@@H]1C. The van der Waals surface area contributed by atoms with Crippen molar-refractivity contribution in [2.24, 2.45) is 17.8 Å². The van der Waals surface area contributed by atoms with Crippen molar-refractivity contribution in [2.45, 2.75) is 187 Å². The number of piperazine rings is 1. The van der Waals surface area contributed by atoms with Gasteiger partial charge in [0, 0.05) is 61.7 Å². The van der Waals surface area contributed by atoms with Gasteiger partial charge in [-0.25, -0.2) is 4.79 Å². The van der Waals surface area contributed by atoms with Gasteiger partial charge >= 0.3 is 12.1 Å².